The number of benzene rings is 2. The highest BCUT2D eigenvalue weighted by molar-refractivity contribution is 6.02. The summed E-state index contributed by atoms with van der Waals surface area (Å²) < 4.78 is 3.05. The van der Waals surface area contributed by atoms with Crippen molar-refractivity contribution >= 4 is 23.1 Å². The van der Waals surface area contributed by atoms with Crippen molar-refractivity contribution in [3.63, 3.8) is 0 Å². The number of anilines is 2. The molecule has 2 aromatic carbocycles. The summed E-state index contributed by atoms with van der Waals surface area (Å²) in [6, 6.07) is 16.6. The van der Waals surface area contributed by atoms with E-state index in [0.29, 0.717) is 22.6 Å². The van der Waals surface area contributed by atoms with Gasteiger partial charge >= 0.3 is 0 Å². The van der Waals surface area contributed by atoms with Crippen LogP contribution in [0, 0.1) is 6.92 Å². The first-order chi connectivity index (χ1) is 17.7. The SMILES string of the molecule is Cc1ccn2nc(C(C)Nc3nc(-c4cccc(O)c4)nc(N)c3C(N)=O)n(-c3ccccc3)c(=O)c12. The Labute approximate surface area is 211 Å². The van der Waals surface area contributed by atoms with Crippen molar-refractivity contribution in [2.45, 2.75) is 19.9 Å². The van der Waals surface area contributed by atoms with Crippen LogP contribution in [0.25, 0.3) is 22.6 Å². The molecule has 0 saturated carbocycles. The number of aryl methyl sites for hydroxylation is 1. The molecule has 5 aromatic rings. The topological polar surface area (TPSA) is 166 Å². The average Bonchev–Trinajstić information content (AvgIpc) is 3.24. The van der Waals surface area contributed by atoms with E-state index in [1.54, 1.807) is 25.3 Å². The minimum absolute atomic E-state index is 0.0212. The standard InChI is InChI=1S/C26H24N8O3/c1-14-11-12-33-20(14)26(37)34(17-8-4-3-5-9-17)25(32-33)15(2)29-24-19(22(28)36)21(27)30-23(31-24)16-7-6-10-18(35)13-16/h3-13,15,35H,1-2H3,(H2,28,36)(H3,27,29,30,31). The largest absolute Gasteiger partial charge is 0.508 e. The molecule has 0 aliphatic rings. The van der Waals surface area contributed by atoms with Crippen LogP contribution in [0.4, 0.5) is 11.6 Å². The Hall–Kier alpha value is -5.19. The number of hydrogen-bond donors (Lipinski definition) is 4. The van der Waals surface area contributed by atoms with E-state index in [-0.39, 0.29) is 34.3 Å². The van der Waals surface area contributed by atoms with Gasteiger partial charge < -0.3 is 21.9 Å². The van der Waals surface area contributed by atoms with Gasteiger partial charge in [0.1, 0.15) is 28.5 Å². The zero-order valence-corrected chi connectivity index (χ0v) is 20.1. The number of phenols is 1. The van der Waals surface area contributed by atoms with Crippen molar-refractivity contribution in [1.29, 1.82) is 0 Å². The maximum absolute atomic E-state index is 13.6. The molecule has 11 nitrogen and oxygen atoms in total. The number of aromatic hydroxyl groups is 1. The minimum atomic E-state index is -0.820. The summed E-state index contributed by atoms with van der Waals surface area (Å²) in [7, 11) is 0. The predicted molar refractivity (Wildman–Crippen MR) is 140 cm³/mol. The van der Waals surface area contributed by atoms with Gasteiger partial charge in [0.05, 0.1) is 11.7 Å². The van der Waals surface area contributed by atoms with Crippen LogP contribution in [0.3, 0.4) is 0 Å². The van der Waals surface area contributed by atoms with E-state index in [1.165, 1.54) is 21.2 Å². The van der Waals surface area contributed by atoms with E-state index in [4.69, 9.17) is 16.6 Å². The molecule has 1 unspecified atom stereocenters. The number of carbonyl (C=O) groups is 1. The van der Waals surface area contributed by atoms with Gasteiger partial charge in [-0.15, -0.1) is 0 Å². The van der Waals surface area contributed by atoms with Crippen LogP contribution in [0.1, 0.15) is 34.7 Å². The van der Waals surface area contributed by atoms with Crippen LogP contribution < -0.4 is 22.3 Å². The highest BCUT2D eigenvalue weighted by Crippen LogP contribution is 2.28. The molecule has 1 amide bonds. The van der Waals surface area contributed by atoms with E-state index >= 15 is 0 Å². The van der Waals surface area contributed by atoms with Gasteiger partial charge in [0.2, 0.25) is 0 Å². The molecule has 0 radical (unpaired) electrons. The number of rotatable bonds is 6. The molecule has 3 aromatic heterocycles. The molecule has 0 aliphatic carbocycles. The number of nitrogen functional groups attached to an aromatic ring is 1. The van der Waals surface area contributed by atoms with Crippen LogP contribution in [0.5, 0.6) is 5.75 Å². The lowest BCUT2D eigenvalue weighted by molar-refractivity contribution is 0.100. The molecule has 11 heteroatoms. The third-order valence-electron chi connectivity index (χ3n) is 5.96. The molecule has 0 aliphatic heterocycles. The molecule has 0 spiro atoms. The van der Waals surface area contributed by atoms with Crippen LogP contribution in [-0.2, 0) is 0 Å². The first kappa shape index (κ1) is 23.5. The monoisotopic (exact) mass is 496 g/mol. The third kappa shape index (κ3) is 4.22. The molecule has 3 heterocycles. The molecule has 1 atom stereocenters. The first-order valence-corrected chi connectivity index (χ1v) is 11.4. The van der Waals surface area contributed by atoms with E-state index in [1.807, 2.05) is 43.3 Å². The molecular weight excluding hydrogens is 472 g/mol. The number of primary amides is 1. The Morgan fingerprint density at radius 2 is 1.84 bits per heavy atom. The molecule has 0 fully saturated rings. The van der Waals surface area contributed by atoms with Crippen molar-refractivity contribution in [3.05, 3.63) is 94.2 Å². The maximum Gasteiger partial charge on any atom is 0.282 e. The fourth-order valence-electron chi connectivity index (χ4n) is 4.21. The zero-order chi connectivity index (χ0) is 26.3. The van der Waals surface area contributed by atoms with Gasteiger partial charge in [0, 0.05) is 11.8 Å². The highest BCUT2D eigenvalue weighted by atomic mass is 16.3. The number of phenolic OH excluding ortho intramolecular Hbond substituents is 1. The van der Waals surface area contributed by atoms with E-state index < -0.39 is 11.9 Å². The number of nitrogens with zero attached hydrogens (tertiary/aromatic N) is 5. The van der Waals surface area contributed by atoms with Crippen molar-refractivity contribution < 1.29 is 9.90 Å². The van der Waals surface area contributed by atoms with Gasteiger partial charge in [-0.05, 0) is 49.7 Å². The fourth-order valence-corrected chi connectivity index (χ4v) is 4.21. The van der Waals surface area contributed by atoms with Gasteiger partial charge in [-0.2, -0.15) is 5.10 Å². The molecule has 186 valence electrons. The van der Waals surface area contributed by atoms with Gasteiger partial charge in [-0.25, -0.2) is 14.5 Å². The molecule has 6 N–H and O–H groups in total. The Morgan fingerprint density at radius 1 is 1.08 bits per heavy atom. The average molecular weight is 497 g/mol. The molecular formula is C26H24N8O3. The van der Waals surface area contributed by atoms with Crippen molar-refractivity contribution in [3.8, 4) is 22.8 Å². The zero-order valence-electron chi connectivity index (χ0n) is 20.1. The highest BCUT2D eigenvalue weighted by Gasteiger charge is 2.24. The summed E-state index contributed by atoms with van der Waals surface area (Å²) in [5.41, 5.74) is 13.7. The summed E-state index contributed by atoms with van der Waals surface area (Å²) in [6.07, 6.45) is 1.72. The Balaban J connectivity index is 1.67. The lowest BCUT2D eigenvalue weighted by Crippen LogP contribution is -2.30. The lowest BCUT2D eigenvalue weighted by atomic mass is 10.1. The lowest BCUT2D eigenvalue weighted by Gasteiger charge is -2.21. The third-order valence-corrected chi connectivity index (χ3v) is 5.96. The van der Waals surface area contributed by atoms with Gasteiger partial charge in [-0.1, -0.05) is 30.3 Å². The van der Waals surface area contributed by atoms with Crippen LogP contribution in [-0.4, -0.2) is 35.2 Å². The van der Waals surface area contributed by atoms with E-state index in [9.17, 15) is 14.7 Å². The second-order valence-electron chi connectivity index (χ2n) is 8.56. The van der Waals surface area contributed by atoms with Gasteiger partial charge in [-0.3, -0.25) is 14.2 Å². The van der Waals surface area contributed by atoms with Crippen LogP contribution >= 0.6 is 0 Å². The number of amides is 1. The maximum atomic E-state index is 13.6. The summed E-state index contributed by atoms with van der Waals surface area (Å²) in [5.74, 6) is -0.305. The summed E-state index contributed by atoms with van der Waals surface area (Å²) >= 11 is 0. The predicted octanol–water partition coefficient (Wildman–Crippen LogP) is 2.81. The number of carbonyl (C=O) groups excluding carboxylic acids is 1. The van der Waals surface area contributed by atoms with E-state index in [2.05, 4.69) is 15.3 Å². The smallest absolute Gasteiger partial charge is 0.282 e. The van der Waals surface area contributed by atoms with Crippen LogP contribution in [0.15, 0.2) is 71.7 Å². The Morgan fingerprint density at radius 3 is 2.54 bits per heavy atom. The second-order valence-corrected chi connectivity index (χ2v) is 8.56. The van der Waals surface area contributed by atoms with Crippen molar-refractivity contribution in [1.82, 2.24) is 24.1 Å². The Bertz CT molecular complexity index is 1710. The minimum Gasteiger partial charge on any atom is -0.508 e. The number of nitrogens with one attached hydrogen (secondary N) is 1. The molecule has 0 saturated heterocycles. The quantitative estimate of drug-likeness (QED) is 0.278. The fraction of sp³-hybridized carbons (Fsp3) is 0.115. The van der Waals surface area contributed by atoms with Crippen molar-refractivity contribution in [2.24, 2.45) is 5.73 Å². The number of para-hydroxylation sites is 1. The van der Waals surface area contributed by atoms with Gasteiger partial charge in [0.15, 0.2) is 11.6 Å². The van der Waals surface area contributed by atoms with Gasteiger partial charge in [0.25, 0.3) is 11.5 Å². The second kappa shape index (κ2) is 9.11. The normalized spacial score (nSPS) is 11.9. The first-order valence-electron chi connectivity index (χ1n) is 11.4. The number of fused-ring (bicyclic) bond motifs is 1. The van der Waals surface area contributed by atoms with Crippen molar-refractivity contribution in [2.75, 3.05) is 11.1 Å². The Kier molecular flexibility index (Phi) is 5.80. The molecule has 0 bridgehead atoms. The number of hydrogen-bond acceptors (Lipinski definition) is 8. The molecule has 5 rings (SSSR count). The summed E-state index contributed by atoms with van der Waals surface area (Å²) in [6.45, 7) is 3.63. The summed E-state index contributed by atoms with van der Waals surface area (Å²) in [5, 5.41) is 17.7. The van der Waals surface area contributed by atoms with E-state index in [0.717, 1.165) is 5.56 Å². The summed E-state index contributed by atoms with van der Waals surface area (Å²) in [4.78, 5) is 34.6. The van der Waals surface area contributed by atoms with Crippen LogP contribution in [0.2, 0.25) is 0 Å². The molecule has 37 heavy (non-hydrogen) atoms. The number of nitrogens with two attached hydrogens (primary N) is 2. The number of aromatic nitrogens is 5.